The third-order valence-electron chi connectivity index (χ3n) is 4.64. The predicted molar refractivity (Wildman–Crippen MR) is 100 cm³/mol. The molecule has 3 heteroatoms. The highest BCUT2D eigenvalue weighted by molar-refractivity contribution is 6.08. The van der Waals surface area contributed by atoms with E-state index in [1.807, 2.05) is 12.3 Å². The van der Waals surface area contributed by atoms with Crippen LogP contribution in [-0.4, -0.2) is 9.97 Å². The number of nitrogens with zero attached hydrogens (tertiary/aromatic N) is 2. The summed E-state index contributed by atoms with van der Waals surface area (Å²) in [6, 6.07) is 19.0. The quantitative estimate of drug-likeness (QED) is 0.539. The maximum Gasteiger partial charge on any atom is 0.150 e. The molecule has 0 aliphatic carbocycles. The van der Waals surface area contributed by atoms with Gasteiger partial charge in [0.15, 0.2) is 5.82 Å². The lowest BCUT2D eigenvalue weighted by molar-refractivity contribution is 0.916. The summed E-state index contributed by atoms with van der Waals surface area (Å²) in [7, 11) is 0. The van der Waals surface area contributed by atoms with E-state index >= 15 is 0 Å². The summed E-state index contributed by atoms with van der Waals surface area (Å²) in [5, 5.41) is 2.16. The topological polar surface area (TPSA) is 51.8 Å². The van der Waals surface area contributed by atoms with E-state index in [1.165, 1.54) is 16.7 Å². The normalized spacial score (nSPS) is 12.6. The van der Waals surface area contributed by atoms with Crippen LogP contribution in [0.1, 0.15) is 29.5 Å². The molecule has 1 atom stereocenters. The van der Waals surface area contributed by atoms with Gasteiger partial charge in [0.25, 0.3) is 0 Å². The lowest BCUT2D eigenvalue weighted by Gasteiger charge is -2.14. The van der Waals surface area contributed by atoms with Crippen LogP contribution in [0.4, 0.5) is 5.82 Å². The molecule has 24 heavy (non-hydrogen) atoms. The summed E-state index contributed by atoms with van der Waals surface area (Å²) in [5.41, 5.74) is 11.5. The molecule has 2 aromatic heterocycles. The first-order valence-corrected chi connectivity index (χ1v) is 8.14. The smallest absolute Gasteiger partial charge is 0.150 e. The van der Waals surface area contributed by atoms with Crippen molar-refractivity contribution in [2.45, 2.75) is 19.8 Å². The van der Waals surface area contributed by atoms with E-state index in [1.54, 1.807) is 0 Å². The van der Waals surface area contributed by atoms with Gasteiger partial charge in [-0.15, -0.1) is 0 Å². The minimum atomic E-state index is 0.276. The third kappa shape index (κ3) is 2.38. The van der Waals surface area contributed by atoms with Crippen molar-refractivity contribution in [1.82, 2.24) is 9.97 Å². The number of pyridine rings is 2. The fourth-order valence-electron chi connectivity index (χ4n) is 3.21. The van der Waals surface area contributed by atoms with Crippen LogP contribution < -0.4 is 5.73 Å². The highest BCUT2D eigenvalue weighted by atomic mass is 14.9. The number of fused-ring (bicyclic) bond motifs is 3. The number of hydrogen-bond donors (Lipinski definition) is 1. The summed E-state index contributed by atoms with van der Waals surface area (Å²) in [4.78, 5) is 9.12. The highest BCUT2D eigenvalue weighted by Gasteiger charge is 2.13. The maximum absolute atomic E-state index is 6.14. The van der Waals surface area contributed by atoms with E-state index in [2.05, 4.69) is 72.3 Å². The molecule has 0 amide bonds. The van der Waals surface area contributed by atoms with E-state index in [-0.39, 0.29) is 5.92 Å². The molecule has 0 spiro atoms. The van der Waals surface area contributed by atoms with Crippen molar-refractivity contribution in [2.24, 2.45) is 0 Å². The zero-order chi connectivity index (χ0) is 16.7. The second-order valence-electron chi connectivity index (χ2n) is 6.31. The van der Waals surface area contributed by atoms with Crippen LogP contribution in [-0.2, 0) is 0 Å². The maximum atomic E-state index is 6.14. The standard InChI is InChI=1S/C21H19N3/c1-13-8-9-17-18-11-16(14(2)15-6-4-3-5-7-15)12-23-20(18)21(22)24-19(17)10-13/h3-12,14H,1-2H3,(H2,22,24). The van der Waals surface area contributed by atoms with Crippen LogP contribution in [0, 0.1) is 6.92 Å². The number of benzene rings is 2. The number of nitrogens with two attached hydrogens (primary N) is 1. The van der Waals surface area contributed by atoms with Gasteiger partial charge in [0, 0.05) is 22.9 Å². The van der Waals surface area contributed by atoms with E-state index in [9.17, 15) is 0 Å². The van der Waals surface area contributed by atoms with Crippen LogP contribution >= 0.6 is 0 Å². The molecule has 3 nitrogen and oxygen atoms in total. The SMILES string of the molecule is Cc1ccc2c(c1)nc(N)c1ncc(C(C)c3ccccc3)cc12. The van der Waals surface area contributed by atoms with Crippen molar-refractivity contribution in [3.05, 3.63) is 77.5 Å². The van der Waals surface area contributed by atoms with E-state index in [4.69, 9.17) is 5.73 Å². The number of aromatic nitrogens is 2. The summed E-state index contributed by atoms with van der Waals surface area (Å²) < 4.78 is 0. The van der Waals surface area contributed by atoms with Gasteiger partial charge in [-0.25, -0.2) is 4.98 Å². The Morgan fingerprint density at radius 3 is 2.50 bits per heavy atom. The molecule has 118 valence electrons. The molecule has 2 aromatic carbocycles. The molecule has 0 saturated carbocycles. The fraction of sp³-hybridized carbons (Fsp3) is 0.143. The molecule has 0 saturated heterocycles. The molecule has 4 aromatic rings. The Balaban J connectivity index is 1.95. The molecule has 0 radical (unpaired) electrons. The summed E-state index contributed by atoms with van der Waals surface area (Å²) in [6.07, 6.45) is 1.91. The second-order valence-corrected chi connectivity index (χ2v) is 6.31. The van der Waals surface area contributed by atoms with Gasteiger partial charge in [-0.3, -0.25) is 4.98 Å². The summed E-state index contributed by atoms with van der Waals surface area (Å²) in [5.74, 6) is 0.764. The van der Waals surface area contributed by atoms with Crippen molar-refractivity contribution in [3.8, 4) is 0 Å². The fourth-order valence-corrected chi connectivity index (χ4v) is 3.21. The van der Waals surface area contributed by atoms with Crippen molar-refractivity contribution in [2.75, 3.05) is 5.73 Å². The van der Waals surface area contributed by atoms with Gasteiger partial charge < -0.3 is 5.73 Å². The van der Waals surface area contributed by atoms with Gasteiger partial charge in [-0.2, -0.15) is 0 Å². The summed E-state index contributed by atoms with van der Waals surface area (Å²) in [6.45, 7) is 4.27. The van der Waals surface area contributed by atoms with Crippen molar-refractivity contribution in [3.63, 3.8) is 0 Å². The zero-order valence-corrected chi connectivity index (χ0v) is 13.8. The number of rotatable bonds is 2. The Kier molecular flexibility index (Phi) is 3.42. The molecule has 0 bridgehead atoms. The lowest BCUT2D eigenvalue weighted by atomic mass is 9.93. The molecular formula is C21H19N3. The average molecular weight is 313 g/mol. The lowest BCUT2D eigenvalue weighted by Crippen LogP contribution is -2.00. The van der Waals surface area contributed by atoms with Crippen LogP contribution in [0.3, 0.4) is 0 Å². The Labute approximate surface area is 141 Å². The van der Waals surface area contributed by atoms with Crippen molar-refractivity contribution >= 4 is 27.6 Å². The first-order chi connectivity index (χ1) is 11.6. The molecular weight excluding hydrogens is 294 g/mol. The van der Waals surface area contributed by atoms with Gasteiger partial charge >= 0.3 is 0 Å². The minimum absolute atomic E-state index is 0.276. The van der Waals surface area contributed by atoms with E-state index in [0.717, 1.165) is 21.8 Å². The zero-order valence-electron chi connectivity index (χ0n) is 13.8. The molecule has 4 rings (SSSR count). The van der Waals surface area contributed by atoms with Gasteiger partial charge in [-0.05, 0) is 35.7 Å². The van der Waals surface area contributed by atoms with Gasteiger partial charge in [0.2, 0.25) is 0 Å². The van der Waals surface area contributed by atoms with Gasteiger partial charge in [-0.1, -0.05) is 49.4 Å². The van der Waals surface area contributed by atoms with E-state index < -0.39 is 0 Å². The first kappa shape index (κ1) is 14.6. The van der Waals surface area contributed by atoms with Crippen LogP contribution in [0.25, 0.3) is 21.8 Å². The number of anilines is 1. The van der Waals surface area contributed by atoms with Crippen LogP contribution in [0.15, 0.2) is 60.8 Å². The molecule has 0 aliphatic heterocycles. The first-order valence-electron chi connectivity index (χ1n) is 8.14. The monoisotopic (exact) mass is 313 g/mol. The van der Waals surface area contributed by atoms with Gasteiger partial charge in [0.05, 0.1) is 5.52 Å². The largest absolute Gasteiger partial charge is 0.382 e. The van der Waals surface area contributed by atoms with Gasteiger partial charge in [0.1, 0.15) is 5.52 Å². The Hall–Kier alpha value is -2.94. The second kappa shape index (κ2) is 5.60. The minimum Gasteiger partial charge on any atom is -0.382 e. The van der Waals surface area contributed by atoms with Crippen LogP contribution in [0.2, 0.25) is 0 Å². The van der Waals surface area contributed by atoms with Crippen molar-refractivity contribution in [1.29, 1.82) is 0 Å². The number of nitrogen functional groups attached to an aromatic ring is 1. The summed E-state index contributed by atoms with van der Waals surface area (Å²) >= 11 is 0. The van der Waals surface area contributed by atoms with E-state index in [0.29, 0.717) is 5.82 Å². The van der Waals surface area contributed by atoms with Crippen LogP contribution in [0.5, 0.6) is 0 Å². The predicted octanol–water partition coefficient (Wildman–Crippen LogP) is 4.83. The molecule has 0 fully saturated rings. The van der Waals surface area contributed by atoms with Crippen molar-refractivity contribution < 1.29 is 0 Å². The Morgan fingerprint density at radius 1 is 0.917 bits per heavy atom. The molecule has 2 heterocycles. The molecule has 1 unspecified atom stereocenters. The Morgan fingerprint density at radius 2 is 1.71 bits per heavy atom. The molecule has 2 N–H and O–H groups in total. The molecule has 0 aliphatic rings. The number of hydrogen-bond acceptors (Lipinski definition) is 3. The average Bonchev–Trinajstić information content (AvgIpc) is 2.61. The highest BCUT2D eigenvalue weighted by Crippen LogP contribution is 2.31. The third-order valence-corrected chi connectivity index (χ3v) is 4.64. The number of aryl methyl sites for hydroxylation is 1. The Bertz CT molecular complexity index is 1040.